The number of thiophene rings is 1. The average molecular weight is 231 g/mol. The van der Waals surface area contributed by atoms with Gasteiger partial charge in [-0.15, -0.1) is 21.5 Å². The molecule has 0 atom stereocenters. The van der Waals surface area contributed by atoms with E-state index < -0.39 is 0 Å². The summed E-state index contributed by atoms with van der Waals surface area (Å²) in [5.41, 5.74) is 0.744. The lowest BCUT2D eigenvalue weighted by Gasteiger charge is -2.01. The Labute approximate surface area is 96.1 Å². The standard InChI is InChI=1S/C11H9N3OS/c1-15-8-4-2-6-14-10(8)12-13-11(14)9-5-3-7-16-9/h2-7H,1H3. The molecule has 3 heterocycles. The molecule has 0 saturated carbocycles. The van der Waals surface area contributed by atoms with Crippen LogP contribution in [0.5, 0.6) is 5.75 Å². The Kier molecular flexibility index (Phi) is 2.11. The van der Waals surface area contributed by atoms with Crippen molar-refractivity contribution in [2.75, 3.05) is 7.11 Å². The van der Waals surface area contributed by atoms with Gasteiger partial charge in [-0.05, 0) is 23.6 Å². The Morgan fingerprint density at radius 3 is 2.94 bits per heavy atom. The molecule has 0 spiro atoms. The number of methoxy groups -OCH3 is 1. The molecule has 0 saturated heterocycles. The molecule has 3 aromatic heterocycles. The zero-order valence-electron chi connectivity index (χ0n) is 8.62. The third-order valence-electron chi connectivity index (χ3n) is 2.36. The van der Waals surface area contributed by atoms with Crippen molar-refractivity contribution >= 4 is 17.0 Å². The van der Waals surface area contributed by atoms with Gasteiger partial charge < -0.3 is 4.74 Å². The largest absolute Gasteiger partial charge is 0.493 e. The van der Waals surface area contributed by atoms with E-state index in [2.05, 4.69) is 10.2 Å². The Hall–Kier alpha value is -1.88. The Morgan fingerprint density at radius 2 is 2.19 bits per heavy atom. The Morgan fingerprint density at radius 1 is 1.25 bits per heavy atom. The van der Waals surface area contributed by atoms with Crippen molar-refractivity contribution in [1.29, 1.82) is 0 Å². The summed E-state index contributed by atoms with van der Waals surface area (Å²) in [6.45, 7) is 0. The predicted octanol–water partition coefficient (Wildman–Crippen LogP) is 2.47. The van der Waals surface area contributed by atoms with Crippen LogP contribution in [-0.2, 0) is 0 Å². The van der Waals surface area contributed by atoms with E-state index in [9.17, 15) is 0 Å². The highest BCUT2D eigenvalue weighted by molar-refractivity contribution is 7.13. The maximum absolute atomic E-state index is 5.24. The van der Waals surface area contributed by atoms with Crippen LogP contribution in [0, 0.1) is 0 Å². The van der Waals surface area contributed by atoms with Gasteiger partial charge in [-0.25, -0.2) is 0 Å². The fraction of sp³-hybridized carbons (Fsp3) is 0.0909. The summed E-state index contributed by atoms with van der Waals surface area (Å²) in [5.74, 6) is 1.58. The SMILES string of the molecule is COc1cccn2c(-c3cccs3)nnc12. The van der Waals surface area contributed by atoms with Crippen LogP contribution in [0.4, 0.5) is 0 Å². The number of ether oxygens (including phenoxy) is 1. The normalized spacial score (nSPS) is 10.8. The van der Waals surface area contributed by atoms with Crippen molar-refractivity contribution in [3.05, 3.63) is 35.8 Å². The van der Waals surface area contributed by atoms with Crippen LogP contribution in [0.1, 0.15) is 0 Å². The number of pyridine rings is 1. The van der Waals surface area contributed by atoms with Crippen LogP contribution in [0.25, 0.3) is 16.3 Å². The second-order valence-electron chi connectivity index (χ2n) is 3.27. The molecule has 5 heteroatoms. The highest BCUT2D eigenvalue weighted by Crippen LogP contribution is 2.26. The second kappa shape index (κ2) is 3.61. The minimum atomic E-state index is 0.734. The van der Waals surface area contributed by atoms with Gasteiger partial charge in [0, 0.05) is 6.20 Å². The first-order valence-corrected chi connectivity index (χ1v) is 5.70. The van der Waals surface area contributed by atoms with E-state index in [-0.39, 0.29) is 0 Å². The number of nitrogens with zero attached hydrogens (tertiary/aromatic N) is 3. The third kappa shape index (κ3) is 1.29. The number of hydrogen-bond donors (Lipinski definition) is 0. The Balaban J connectivity index is 2.29. The van der Waals surface area contributed by atoms with E-state index in [1.807, 2.05) is 40.2 Å². The van der Waals surface area contributed by atoms with Crippen LogP contribution < -0.4 is 4.74 Å². The molecule has 0 amide bonds. The van der Waals surface area contributed by atoms with Crippen molar-refractivity contribution in [1.82, 2.24) is 14.6 Å². The molecule has 16 heavy (non-hydrogen) atoms. The van der Waals surface area contributed by atoms with E-state index in [0.717, 1.165) is 22.1 Å². The van der Waals surface area contributed by atoms with E-state index >= 15 is 0 Å². The minimum absolute atomic E-state index is 0.734. The van der Waals surface area contributed by atoms with Gasteiger partial charge in [-0.2, -0.15) is 0 Å². The second-order valence-corrected chi connectivity index (χ2v) is 4.22. The zero-order chi connectivity index (χ0) is 11.0. The van der Waals surface area contributed by atoms with E-state index in [1.165, 1.54) is 0 Å². The van der Waals surface area contributed by atoms with E-state index in [1.54, 1.807) is 18.4 Å². The van der Waals surface area contributed by atoms with Crippen molar-refractivity contribution in [2.24, 2.45) is 0 Å². The highest BCUT2D eigenvalue weighted by atomic mass is 32.1. The van der Waals surface area contributed by atoms with Crippen LogP contribution in [-0.4, -0.2) is 21.7 Å². The Bertz CT molecular complexity index is 615. The topological polar surface area (TPSA) is 39.4 Å². The molecular weight excluding hydrogens is 222 g/mol. The predicted molar refractivity (Wildman–Crippen MR) is 62.9 cm³/mol. The molecule has 0 N–H and O–H groups in total. The first-order chi connectivity index (χ1) is 7.90. The lowest BCUT2D eigenvalue weighted by Crippen LogP contribution is -1.90. The van der Waals surface area contributed by atoms with Crippen LogP contribution in [0.15, 0.2) is 35.8 Å². The quantitative estimate of drug-likeness (QED) is 0.680. The fourth-order valence-electron chi connectivity index (χ4n) is 1.62. The number of rotatable bonds is 2. The summed E-state index contributed by atoms with van der Waals surface area (Å²) in [4.78, 5) is 1.10. The zero-order valence-corrected chi connectivity index (χ0v) is 9.44. The molecule has 3 aromatic rings. The third-order valence-corrected chi connectivity index (χ3v) is 3.23. The molecule has 0 aliphatic rings. The number of hydrogen-bond acceptors (Lipinski definition) is 4. The van der Waals surface area contributed by atoms with Crippen molar-refractivity contribution in [2.45, 2.75) is 0 Å². The molecule has 0 radical (unpaired) electrons. The van der Waals surface area contributed by atoms with Crippen LogP contribution >= 0.6 is 11.3 Å². The van der Waals surface area contributed by atoms with Gasteiger partial charge in [0.2, 0.25) is 5.65 Å². The molecule has 4 nitrogen and oxygen atoms in total. The van der Waals surface area contributed by atoms with Crippen molar-refractivity contribution < 1.29 is 4.74 Å². The highest BCUT2D eigenvalue weighted by Gasteiger charge is 2.11. The molecule has 0 aliphatic heterocycles. The summed E-state index contributed by atoms with van der Waals surface area (Å²) < 4.78 is 7.17. The van der Waals surface area contributed by atoms with Crippen molar-refractivity contribution in [3.8, 4) is 16.5 Å². The summed E-state index contributed by atoms with van der Waals surface area (Å²) in [7, 11) is 1.63. The van der Waals surface area contributed by atoms with Gasteiger partial charge >= 0.3 is 0 Å². The van der Waals surface area contributed by atoms with Gasteiger partial charge in [0.05, 0.1) is 12.0 Å². The lowest BCUT2D eigenvalue weighted by atomic mass is 10.4. The summed E-state index contributed by atoms with van der Waals surface area (Å²) >= 11 is 1.64. The van der Waals surface area contributed by atoms with E-state index in [4.69, 9.17) is 4.74 Å². The smallest absolute Gasteiger partial charge is 0.203 e. The summed E-state index contributed by atoms with van der Waals surface area (Å²) in [6, 6.07) is 7.83. The van der Waals surface area contributed by atoms with Gasteiger partial charge in [0.25, 0.3) is 0 Å². The fourth-order valence-corrected chi connectivity index (χ4v) is 2.33. The molecule has 0 bridgehead atoms. The van der Waals surface area contributed by atoms with Gasteiger partial charge in [0.1, 0.15) is 0 Å². The summed E-state index contributed by atoms with van der Waals surface area (Å²) in [5, 5.41) is 10.4. The molecule has 0 fully saturated rings. The maximum Gasteiger partial charge on any atom is 0.203 e. The minimum Gasteiger partial charge on any atom is -0.493 e. The molecule has 80 valence electrons. The van der Waals surface area contributed by atoms with E-state index in [0.29, 0.717) is 0 Å². The maximum atomic E-state index is 5.24. The average Bonchev–Trinajstić information content (AvgIpc) is 2.96. The van der Waals surface area contributed by atoms with Gasteiger partial charge in [-0.1, -0.05) is 6.07 Å². The lowest BCUT2D eigenvalue weighted by molar-refractivity contribution is 0.417. The first-order valence-electron chi connectivity index (χ1n) is 4.82. The van der Waals surface area contributed by atoms with Crippen LogP contribution in [0.3, 0.4) is 0 Å². The first kappa shape index (κ1) is 9.35. The van der Waals surface area contributed by atoms with Crippen LogP contribution in [0.2, 0.25) is 0 Å². The monoisotopic (exact) mass is 231 g/mol. The molecular formula is C11H9N3OS. The number of aromatic nitrogens is 3. The molecule has 0 unspecified atom stereocenters. The molecule has 0 aliphatic carbocycles. The van der Waals surface area contributed by atoms with Gasteiger partial charge in [-0.3, -0.25) is 4.40 Å². The number of fused-ring (bicyclic) bond motifs is 1. The molecule has 3 rings (SSSR count). The van der Waals surface area contributed by atoms with Gasteiger partial charge in [0.15, 0.2) is 11.6 Å². The molecule has 0 aromatic carbocycles. The summed E-state index contributed by atoms with van der Waals surface area (Å²) in [6.07, 6.45) is 1.94. The van der Waals surface area contributed by atoms with Crippen molar-refractivity contribution in [3.63, 3.8) is 0 Å².